The smallest absolute Gasteiger partial charge is 0.0892 e. The van der Waals surface area contributed by atoms with Gasteiger partial charge in [0.2, 0.25) is 0 Å². The lowest BCUT2D eigenvalue weighted by Gasteiger charge is -2.10. The van der Waals surface area contributed by atoms with Crippen molar-refractivity contribution in [1.29, 1.82) is 0 Å². The molecule has 1 aliphatic heterocycles. The fraction of sp³-hybridized carbons (Fsp3) is 0.667. The van der Waals surface area contributed by atoms with Gasteiger partial charge in [0.1, 0.15) is 0 Å². The second-order valence-electron chi connectivity index (χ2n) is 5.48. The number of pyridine rings is 1. The molecule has 19 heavy (non-hydrogen) atoms. The summed E-state index contributed by atoms with van der Waals surface area (Å²) in [6.07, 6.45) is 3.17. The van der Waals surface area contributed by atoms with E-state index in [0.717, 1.165) is 38.4 Å². The lowest BCUT2D eigenvalue weighted by atomic mass is 10.2. The van der Waals surface area contributed by atoms with Crippen molar-refractivity contribution < 1.29 is 9.47 Å². The summed E-state index contributed by atoms with van der Waals surface area (Å²) in [4.78, 5) is 4.43. The molecule has 2 rings (SSSR count). The van der Waals surface area contributed by atoms with Gasteiger partial charge in [-0.05, 0) is 30.5 Å². The van der Waals surface area contributed by atoms with E-state index in [1.54, 1.807) is 0 Å². The molecule has 1 fully saturated rings. The molecule has 0 aromatic carbocycles. The Morgan fingerprint density at radius 2 is 2.37 bits per heavy atom. The first-order chi connectivity index (χ1) is 9.24. The fourth-order valence-electron chi connectivity index (χ4n) is 2.00. The molecule has 1 atom stereocenters. The number of hydrogen-bond acceptors (Lipinski definition) is 4. The van der Waals surface area contributed by atoms with Crippen LogP contribution in [0.5, 0.6) is 0 Å². The first-order valence-corrected chi connectivity index (χ1v) is 7.08. The molecule has 0 amide bonds. The molecule has 1 aromatic rings. The van der Waals surface area contributed by atoms with Crippen molar-refractivity contribution >= 4 is 0 Å². The van der Waals surface area contributed by atoms with Crippen LogP contribution >= 0.6 is 0 Å². The van der Waals surface area contributed by atoms with Gasteiger partial charge >= 0.3 is 0 Å². The summed E-state index contributed by atoms with van der Waals surface area (Å²) in [5.41, 5.74) is 2.20. The molecule has 2 heterocycles. The molecular weight excluding hydrogens is 240 g/mol. The van der Waals surface area contributed by atoms with Crippen LogP contribution in [0.3, 0.4) is 0 Å². The van der Waals surface area contributed by atoms with Crippen LogP contribution in [0.1, 0.15) is 31.5 Å². The number of nitrogens with one attached hydrogen (secondary N) is 1. The summed E-state index contributed by atoms with van der Waals surface area (Å²) >= 11 is 0. The van der Waals surface area contributed by atoms with E-state index in [9.17, 15) is 0 Å². The lowest BCUT2D eigenvalue weighted by Crippen LogP contribution is -2.19. The van der Waals surface area contributed by atoms with Gasteiger partial charge in [-0.1, -0.05) is 19.9 Å². The van der Waals surface area contributed by atoms with Crippen LogP contribution in [0.25, 0.3) is 0 Å². The molecule has 1 saturated heterocycles. The molecule has 1 unspecified atom stereocenters. The van der Waals surface area contributed by atoms with Gasteiger partial charge in [0.25, 0.3) is 0 Å². The maximum Gasteiger partial charge on any atom is 0.0892 e. The van der Waals surface area contributed by atoms with E-state index >= 15 is 0 Å². The first kappa shape index (κ1) is 14.4. The summed E-state index contributed by atoms with van der Waals surface area (Å²) in [5, 5.41) is 3.41. The van der Waals surface area contributed by atoms with Gasteiger partial charge in [-0.3, -0.25) is 4.98 Å². The first-order valence-electron chi connectivity index (χ1n) is 7.08. The normalized spacial score (nSPS) is 19.2. The average Bonchev–Trinajstić information content (AvgIpc) is 2.90. The Kier molecular flexibility index (Phi) is 5.76. The Bertz CT molecular complexity index is 359. The molecular formula is C15H24N2O2. The predicted molar refractivity (Wildman–Crippen MR) is 74.8 cm³/mol. The summed E-state index contributed by atoms with van der Waals surface area (Å²) in [6, 6.07) is 4.16. The summed E-state index contributed by atoms with van der Waals surface area (Å²) in [7, 11) is 0. The van der Waals surface area contributed by atoms with Crippen LogP contribution in [0, 0.1) is 5.92 Å². The number of nitrogens with zero attached hydrogens (tertiary/aromatic N) is 1. The van der Waals surface area contributed by atoms with Crippen molar-refractivity contribution in [2.45, 2.75) is 39.5 Å². The van der Waals surface area contributed by atoms with Crippen LogP contribution < -0.4 is 5.32 Å². The van der Waals surface area contributed by atoms with Crippen molar-refractivity contribution in [3.8, 4) is 0 Å². The number of rotatable bonds is 7. The number of aromatic nitrogens is 1. The monoisotopic (exact) mass is 264 g/mol. The summed E-state index contributed by atoms with van der Waals surface area (Å²) in [6.45, 7) is 8.44. The Balaban J connectivity index is 1.71. The molecule has 0 radical (unpaired) electrons. The third-order valence-electron chi connectivity index (χ3n) is 3.12. The standard InChI is InChI=1S/C15H24N2O2/c1-12(2)7-16-8-13-3-4-14(17-9-13)10-19-15-5-6-18-11-15/h3-4,9,12,15-16H,5-8,10-11H2,1-2H3. The Labute approximate surface area is 115 Å². The zero-order valence-electron chi connectivity index (χ0n) is 11.9. The topological polar surface area (TPSA) is 43.4 Å². The molecule has 1 aromatic heterocycles. The van der Waals surface area contributed by atoms with Crippen LogP contribution in [0.2, 0.25) is 0 Å². The minimum absolute atomic E-state index is 0.245. The molecule has 1 aliphatic rings. The van der Waals surface area contributed by atoms with Gasteiger partial charge in [-0.15, -0.1) is 0 Å². The second kappa shape index (κ2) is 7.58. The molecule has 0 aliphatic carbocycles. The van der Waals surface area contributed by atoms with Crippen molar-refractivity contribution in [1.82, 2.24) is 10.3 Å². The van der Waals surface area contributed by atoms with E-state index in [0.29, 0.717) is 12.5 Å². The zero-order chi connectivity index (χ0) is 13.5. The van der Waals surface area contributed by atoms with E-state index in [2.05, 4.69) is 30.2 Å². The Morgan fingerprint density at radius 1 is 1.47 bits per heavy atom. The highest BCUT2D eigenvalue weighted by atomic mass is 16.5. The van der Waals surface area contributed by atoms with Crippen molar-refractivity contribution in [2.24, 2.45) is 5.92 Å². The van der Waals surface area contributed by atoms with Gasteiger partial charge in [0.05, 0.1) is 25.0 Å². The lowest BCUT2D eigenvalue weighted by molar-refractivity contribution is 0.0301. The van der Waals surface area contributed by atoms with Gasteiger partial charge in [0, 0.05) is 19.3 Å². The highest BCUT2D eigenvalue weighted by Crippen LogP contribution is 2.10. The van der Waals surface area contributed by atoms with Crippen LogP contribution in [0.15, 0.2) is 18.3 Å². The zero-order valence-corrected chi connectivity index (χ0v) is 11.9. The highest BCUT2D eigenvalue weighted by molar-refractivity contribution is 5.13. The largest absolute Gasteiger partial charge is 0.379 e. The van der Waals surface area contributed by atoms with E-state index in [1.807, 2.05) is 12.3 Å². The van der Waals surface area contributed by atoms with Gasteiger partial charge < -0.3 is 14.8 Å². The van der Waals surface area contributed by atoms with Crippen molar-refractivity contribution in [3.63, 3.8) is 0 Å². The summed E-state index contributed by atoms with van der Waals surface area (Å²) in [5.74, 6) is 0.675. The van der Waals surface area contributed by atoms with Crippen LogP contribution in [0.4, 0.5) is 0 Å². The van der Waals surface area contributed by atoms with Gasteiger partial charge in [-0.25, -0.2) is 0 Å². The predicted octanol–water partition coefficient (Wildman–Crippen LogP) is 2.13. The maximum atomic E-state index is 5.74. The van der Waals surface area contributed by atoms with Gasteiger partial charge in [0.15, 0.2) is 0 Å². The van der Waals surface area contributed by atoms with Crippen LogP contribution in [-0.2, 0) is 22.6 Å². The molecule has 0 spiro atoms. The highest BCUT2D eigenvalue weighted by Gasteiger charge is 2.15. The fourth-order valence-corrected chi connectivity index (χ4v) is 2.00. The van der Waals surface area contributed by atoms with Gasteiger partial charge in [-0.2, -0.15) is 0 Å². The van der Waals surface area contributed by atoms with E-state index in [4.69, 9.17) is 9.47 Å². The Hall–Kier alpha value is -0.970. The van der Waals surface area contributed by atoms with E-state index in [1.165, 1.54) is 5.56 Å². The summed E-state index contributed by atoms with van der Waals surface area (Å²) < 4.78 is 11.0. The molecule has 0 bridgehead atoms. The van der Waals surface area contributed by atoms with E-state index < -0.39 is 0 Å². The molecule has 0 saturated carbocycles. The number of hydrogen-bond donors (Lipinski definition) is 1. The van der Waals surface area contributed by atoms with Crippen molar-refractivity contribution in [2.75, 3.05) is 19.8 Å². The third-order valence-corrected chi connectivity index (χ3v) is 3.12. The minimum atomic E-state index is 0.245. The SMILES string of the molecule is CC(C)CNCc1ccc(COC2CCOC2)nc1. The molecule has 4 nitrogen and oxygen atoms in total. The minimum Gasteiger partial charge on any atom is -0.379 e. The van der Waals surface area contributed by atoms with E-state index in [-0.39, 0.29) is 6.10 Å². The van der Waals surface area contributed by atoms with Crippen molar-refractivity contribution in [3.05, 3.63) is 29.6 Å². The second-order valence-corrected chi connectivity index (χ2v) is 5.48. The quantitative estimate of drug-likeness (QED) is 0.819. The molecule has 4 heteroatoms. The number of ether oxygens (including phenoxy) is 2. The molecule has 1 N–H and O–H groups in total. The third kappa shape index (κ3) is 5.27. The molecule has 106 valence electrons. The average molecular weight is 264 g/mol. The Morgan fingerprint density at radius 3 is 3.00 bits per heavy atom. The maximum absolute atomic E-state index is 5.74. The van der Waals surface area contributed by atoms with Crippen LogP contribution in [-0.4, -0.2) is 30.8 Å².